The summed E-state index contributed by atoms with van der Waals surface area (Å²) in [6, 6.07) is 0. The Kier molecular flexibility index (Phi) is 2.90. The van der Waals surface area contributed by atoms with Crippen molar-refractivity contribution in [2.45, 2.75) is 46.5 Å². The smallest absolute Gasteiger partial charge is 0.0226 e. The molecule has 0 N–H and O–H groups in total. The summed E-state index contributed by atoms with van der Waals surface area (Å²) >= 11 is 0. The number of hydrogen-bond donors (Lipinski definition) is 0. The third-order valence-electron chi connectivity index (χ3n) is 4.28. The Bertz CT molecular complexity index is 303. The standard InChI is InChI=1S/C15H25N/c1-13(15(4)9-5-6-10-15)16-11-7-8-14(2,3)12-16/h5-6H,1,7-12H2,2-4H3. The Morgan fingerprint density at radius 1 is 1.19 bits per heavy atom. The van der Waals surface area contributed by atoms with Crippen LogP contribution in [0.2, 0.25) is 0 Å². The average molecular weight is 219 g/mol. The van der Waals surface area contributed by atoms with Gasteiger partial charge >= 0.3 is 0 Å². The second kappa shape index (κ2) is 3.94. The van der Waals surface area contributed by atoms with Gasteiger partial charge in [-0.25, -0.2) is 0 Å². The van der Waals surface area contributed by atoms with Crippen LogP contribution in [0.25, 0.3) is 0 Å². The molecule has 0 saturated carbocycles. The molecule has 0 aromatic heterocycles. The maximum atomic E-state index is 4.38. The summed E-state index contributed by atoms with van der Waals surface area (Å²) in [7, 11) is 0. The molecule has 0 spiro atoms. The average Bonchev–Trinajstić information content (AvgIpc) is 2.64. The highest BCUT2D eigenvalue weighted by Crippen LogP contribution is 2.42. The van der Waals surface area contributed by atoms with Crippen molar-refractivity contribution in [2.75, 3.05) is 13.1 Å². The molecule has 1 aliphatic carbocycles. The van der Waals surface area contributed by atoms with E-state index >= 15 is 0 Å². The summed E-state index contributed by atoms with van der Waals surface area (Å²) < 4.78 is 0. The van der Waals surface area contributed by atoms with E-state index in [4.69, 9.17) is 0 Å². The largest absolute Gasteiger partial charge is 0.374 e. The quantitative estimate of drug-likeness (QED) is 0.635. The van der Waals surface area contributed by atoms with E-state index < -0.39 is 0 Å². The molecule has 0 aromatic carbocycles. The zero-order chi connectivity index (χ0) is 11.8. The Morgan fingerprint density at radius 3 is 2.38 bits per heavy atom. The number of nitrogens with zero attached hydrogens (tertiary/aromatic N) is 1. The lowest BCUT2D eigenvalue weighted by Gasteiger charge is -2.44. The van der Waals surface area contributed by atoms with Crippen LogP contribution in [0.3, 0.4) is 0 Å². The molecule has 1 saturated heterocycles. The normalized spacial score (nSPS) is 27.1. The number of rotatable bonds is 2. The minimum absolute atomic E-state index is 0.299. The second-order valence-corrected chi connectivity index (χ2v) is 6.58. The van der Waals surface area contributed by atoms with Crippen LogP contribution >= 0.6 is 0 Å². The van der Waals surface area contributed by atoms with Crippen LogP contribution in [0, 0.1) is 10.8 Å². The summed E-state index contributed by atoms with van der Waals surface area (Å²) in [5.41, 5.74) is 2.13. The molecule has 1 heteroatoms. The molecule has 2 rings (SSSR count). The highest BCUT2D eigenvalue weighted by atomic mass is 15.2. The molecule has 2 aliphatic rings. The zero-order valence-electron chi connectivity index (χ0n) is 11.1. The van der Waals surface area contributed by atoms with Gasteiger partial charge in [0.1, 0.15) is 0 Å². The van der Waals surface area contributed by atoms with Gasteiger partial charge in [0.15, 0.2) is 0 Å². The SMILES string of the molecule is C=C(N1CCCC(C)(C)C1)C1(C)CC=CC1. The summed E-state index contributed by atoms with van der Waals surface area (Å²) in [5.74, 6) is 0. The fourth-order valence-corrected chi connectivity index (χ4v) is 3.04. The van der Waals surface area contributed by atoms with E-state index in [1.54, 1.807) is 0 Å². The van der Waals surface area contributed by atoms with Crippen LogP contribution in [-0.4, -0.2) is 18.0 Å². The van der Waals surface area contributed by atoms with Gasteiger partial charge in [0.2, 0.25) is 0 Å². The van der Waals surface area contributed by atoms with Crippen molar-refractivity contribution < 1.29 is 0 Å². The van der Waals surface area contributed by atoms with Gasteiger partial charge in [-0.2, -0.15) is 0 Å². The van der Waals surface area contributed by atoms with Gasteiger partial charge in [0.25, 0.3) is 0 Å². The van der Waals surface area contributed by atoms with Crippen molar-refractivity contribution in [3.63, 3.8) is 0 Å². The van der Waals surface area contributed by atoms with Crippen LogP contribution in [0.1, 0.15) is 46.5 Å². The Labute approximate surface area is 100 Å². The van der Waals surface area contributed by atoms with Gasteiger partial charge < -0.3 is 4.90 Å². The number of hydrogen-bond acceptors (Lipinski definition) is 1. The van der Waals surface area contributed by atoms with Crippen molar-refractivity contribution in [1.82, 2.24) is 4.90 Å². The molecule has 16 heavy (non-hydrogen) atoms. The van der Waals surface area contributed by atoms with Crippen LogP contribution < -0.4 is 0 Å². The third-order valence-corrected chi connectivity index (χ3v) is 4.28. The summed E-state index contributed by atoms with van der Waals surface area (Å²) in [5, 5.41) is 0. The van der Waals surface area contributed by atoms with Gasteiger partial charge in [0, 0.05) is 24.2 Å². The fraction of sp³-hybridized carbons (Fsp3) is 0.733. The maximum Gasteiger partial charge on any atom is 0.0226 e. The molecule has 1 heterocycles. The van der Waals surface area contributed by atoms with E-state index in [9.17, 15) is 0 Å². The molecular weight excluding hydrogens is 194 g/mol. The topological polar surface area (TPSA) is 3.24 Å². The van der Waals surface area contributed by atoms with E-state index in [1.165, 1.54) is 44.5 Å². The Hall–Kier alpha value is -0.720. The lowest BCUT2D eigenvalue weighted by atomic mass is 9.79. The predicted molar refractivity (Wildman–Crippen MR) is 70.2 cm³/mol. The highest BCUT2D eigenvalue weighted by Gasteiger charge is 2.35. The molecule has 0 unspecified atom stereocenters. The summed E-state index contributed by atoms with van der Waals surface area (Å²) in [4.78, 5) is 2.54. The predicted octanol–water partition coefficient (Wildman–Crippen LogP) is 3.98. The molecular formula is C15H25N. The first-order chi connectivity index (χ1) is 7.43. The van der Waals surface area contributed by atoms with Crippen molar-refractivity contribution in [3.8, 4) is 0 Å². The van der Waals surface area contributed by atoms with Gasteiger partial charge in [-0.05, 0) is 31.1 Å². The van der Waals surface area contributed by atoms with Crippen LogP contribution in [-0.2, 0) is 0 Å². The minimum Gasteiger partial charge on any atom is -0.374 e. The van der Waals surface area contributed by atoms with Crippen molar-refractivity contribution in [1.29, 1.82) is 0 Å². The van der Waals surface area contributed by atoms with Gasteiger partial charge in [0.05, 0.1) is 0 Å². The molecule has 90 valence electrons. The Morgan fingerprint density at radius 2 is 1.81 bits per heavy atom. The third kappa shape index (κ3) is 2.18. The molecule has 1 nitrogen and oxygen atoms in total. The lowest BCUT2D eigenvalue weighted by molar-refractivity contribution is 0.123. The van der Waals surface area contributed by atoms with Crippen LogP contribution in [0.5, 0.6) is 0 Å². The van der Waals surface area contributed by atoms with E-state index in [1.807, 2.05) is 0 Å². The molecule has 0 atom stereocenters. The second-order valence-electron chi connectivity index (χ2n) is 6.58. The van der Waals surface area contributed by atoms with E-state index in [0.717, 1.165) is 0 Å². The van der Waals surface area contributed by atoms with Crippen molar-refractivity contribution in [2.24, 2.45) is 10.8 Å². The summed E-state index contributed by atoms with van der Waals surface area (Å²) in [6.45, 7) is 13.9. The first-order valence-corrected chi connectivity index (χ1v) is 6.52. The van der Waals surface area contributed by atoms with Crippen LogP contribution in [0.4, 0.5) is 0 Å². The van der Waals surface area contributed by atoms with Crippen molar-refractivity contribution in [3.05, 3.63) is 24.4 Å². The molecule has 1 aliphatic heterocycles. The number of likely N-dealkylation sites (tertiary alicyclic amines) is 1. The molecule has 1 fully saturated rings. The summed E-state index contributed by atoms with van der Waals surface area (Å²) in [6.07, 6.45) is 9.62. The molecule has 0 aromatic rings. The van der Waals surface area contributed by atoms with E-state index in [0.29, 0.717) is 10.8 Å². The Balaban J connectivity index is 2.04. The van der Waals surface area contributed by atoms with E-state index in [2.05, 4.69) is 44.4 Å². The number of allylic oxidation sites excluding steroid dienone is 3. The van der Waals surface area contributed by atoms with Gasteiger partial charge in [-0.3, -0.25) is 0 Å². The highest BCUT2D eigenvalue weighted by molar-refractivity contribution is 5.18. The van der Waals surface area contributed by atoms with Crippen molar-refractivity contribution >= 4 is 0 Å². The molecule has 0 bridgehead atoms. The maximum absolute atomic E-state index is 4.38. The molecule has 0 radical (unpaired) electrons. The van der Waals surface area contributed by atoms with Crippen LogP contribution in [0.15, 0.2) is 24.4 Å². The number of piperidine rings is 1. The van der Waals surface area contributed by atoms with Gasteiger partial charge in [-0.15, -0.1) is 0 Å². The first kappa shape index (κ1) is 11.8. The monoisotopic (exact) mass is 219 g/mol. The lowest BCUT2D eigenvalue weighted by Crippen LogP contribution is -2.42. The zero-order valence-corrected chi connectivity index (χ0v) is 11.1. The molecule has 0 amide bonds. The fourth-order valence-electron chi connectivity index (χ4n) is 3.04. The minimum atomic E-state index is 0.299. The van der Waals surface area contributed by atoms with E-state index in [-0.39, 0.29) is 0 Å². The van der Waals surface area contributed by atoms with Gasteiger partial charge in [-0.1, -0.05) is 39.5 Å². The first-order valence-electron chi connectivity index (χ1n) is 6.52.